The van der Waals surface area contributed by atoms with Crippen molar-refractivity contribution in [1.82, 2.24) is 17.8 Å². The van der Waals surface area contributed by atoms with Gasteiger partial charge in [-0.15, -0.1) is 0 Å². The molecule has 0 N–H and O–H groups in total. The van der Waals surface area contributed by atoms with Crippen LogP contribution in [0.25, 0.3) is 0 Å². The van der Waals surface area contributed by atoms with Crippen LogP contribution in [0.4, 0.5) is 0 Å². The van der Waals surface area contributed by atoms with E-state index in [-0.39, 0.29) is 122 Å². The summed E-state index contributed by atoms with van der Waals surface area (Å²) in [7, 11) is -7.68. The van der Waals surface area contributed by atoms with E-state index in [1.165, 1.54) is 12.9 Å². The van der Waals surface area contributed by atoms with Crippen molar-refractivity contribution in [2.75, 3.05) is 100 Å². The lowest BCUT2D eigenvalue weighted by Crippen LogP contribution is -2.47. The van der Waals surface area contributed by atoms with Gasteiger partial charge in [0, 0.05) is 97.4 Å². The Kier molecular flexibility index (Phi) is 27.0. The smallest absolute Gasteiger partial charge is 0.243 e. The van der Waals surface area contributed by atoms with E-state index in [0.717, 1.165) is 134 Å². The third-order valence-corrected chi connectivity index (χ3v) is 30.0. The molecule has 0 unspecified atom stereocenters. The molecule has 0 fully saturated rings. The first-order valence-electron chi connectivity index (χ1n) is 43.0. The van der Waals surface area contributed by atoms with Crippen LogP contribution in [0.3, 0.4) is 0 Å². The highest BCUT2D eigenvalue weighted by atomic mass is 32.2. The number of sulfonamides is 3. The normalized spacial score (nSPS) is 16.3. The summed E-state index contributed by atoms with van der Waals surface area (Å²) in [6.45, 7) is 45.2. The van der Waals surface area contributed by atoms with Crippen molar-refractivity contribution in [2.45, 2.75) is 231 Å². The lowest BCUT2D eigenvalue weighted by molar-refractivity contribution is 0.193. The fourth-order valence-corrected chi connectivity index (χ4v) is 21.0. The zero-order valence-corrected chi connectivity index (χ0v) is 78.9. The monoisotopic (exact) mass is 1700 g/mol. The molecule has 3 aliphatic rings. The first-order valence-corrected chi connectivity index (χ1v) is 47.3. The van der Waals surface area contributed by atoms with Gasteiger partial charge in [-0.25, -0.2) is 25.3 Å². The Hall–Kier alpha value is -8.53. The van der Waals surface area contributed by atoms with Gasteiger partial charge in [-0.1, -0.05) is 251 Å². The molecule has 2 heterocycles. The lowest BCUT2D eigenvalue weighted by atomic mass is 9.79. The first-order chi connectivity index (χ1) is 56.5. The summed E-state index contributed by atoms with van der Waals surface area (Å²) in [5.41, 5.74) is 17.6. The maximum atomic E-state index is 15.9. The second-order valence-electron chi connectivity index (χ2n) is 40.0. The summed E-state index contributed by atoms with van der Waals surface area (Å²) in [4.78, 5) is 2.28. The van der Waals surface area contributed by atoms with Crippen molar-refractivity contribution in [3.8, 4) is 34.5 Å². The molecule has 0 aromatic heterocycles. The summed E-state index contributed by atoms with van der Waals surface area (Å²) in [5.74, 6) is 3.94. The Morgan fingerprint density at radius 3 is 0.612 bits per heavy atom. The highest BCUT2D eigenvalue weighted by Crippen LogP contribution is 2.47. The van der Waals surface area contributed by atoms with Crippen molar-refractivity contribution >= 4 is 30.1 Å². The summed E-state index contributed by atoms with van der Waals surface area (Å²) >= 11 is 0. The number of hydrogen-bond acceptors (Lipinski definition) is 13. The van der Waals surface area contributed by atoms with E-state index >= 15 is 25.3 Å². The second kappa shape index (κ2) is 35.6. The van der Waals surface area contributed by atoms with Gasteiger partial charge in [-0.2, -0.15) is 12.9 Å². The Morgan fingerprint density at radius 2 is 0.430 bits per heavy atom. The molecule has 19 heteroatoms. The van der Waals surface area contributed by atoms with Crippen LogP contribution in [-0.2, 0) is 101 Å². The van der Waals surface area contributed by atoms with Crippen LogP contribution in [0.2, 0.25) is 0 Å². The predicted molar refractivity (Wildman–Crippen MR) is 490 cm³/mol. The number of methoxy groups -OCH3 is 3. The van der Waals surface area contributed by atoms with Crippen LogP contribution in [0.5, 0.6) is 34.5 Å². The molecule has 0 saturated heterocycles. The van der Waals surface area contributed by atoms with Crippen molar-refractivity contribution in [2.24, 2.45) is 0 Å². The SMILES string of the molecule is COc1c2cc(C(C)(C)C)cc1Cc1cc(C(C)(C)C)cc(c1OC)Cc1cc(C(C)(C)C)cc3c1OCCN(S(=O)(=O)c1ccc(C)cc1)CCN1CCN(S(=O)(=O)c4ccc(C)cc4)CCOc4c(cc(C(C)(C)C)cc4Cc4cc(C(C)(C)C)cc(c4OCCN(S(=O)(=O)c4ccc(C)cc4)CC1)C3)Cc1cc(C(C)(C)C)cc(c1OC)C2. The van der Waals surface area contributed by atoms with Crippen LogP contribution in [0, 0.1) is 20.8 Å². The third-order valence-electron chi connectivity index (χ3n) is 24.3. The van der Waals surface area contributed by atoms with Gasteiger partial charge in [-0.05, 0) is 190 Å². The summed E-state index contributed by atoms with van der Waals surface area (Å²) in [6.07, 6.45) is 2.04. The van der Waals surface area contributed by atoms with Crippen molar-refractivity contribution in [3.63, 3.8) is 0 Å². The highest BCUT2D eigenvalue weighted by Gasteiger charge is 2.36. The van der Waals surface area contributed by atoms with E-state index in [0.29, 0.717) is 42.9 Å². The van der Waals surface area contributed by atoms with E-state index in [2.05, 4.69) is 197 Å². The van der Waals surface area contributed by atoms with Crippen molar-refractivity contribution in [3.05, 3.63) is 262 Å². The lowest BCUT2D eigenvalue weighted by Gasteiger charge is -2.32. The molecule has 9 aromatic rings. The molecule has 0 amide bonds. The van der Waals surface area contributed by atoms with Gasteiger partial charge in [0.1, 0.15) is 54.3 Å². The predicted octanol–water partition coefficient (Wildman–Crippen LogP) is 19.8. The van der Waals surface area contributed by atoms with E-state index in [9.17, 15) is 0 Å². The van der Waals surface area contributed by atoms with E-state index in [1.54, 1.807) is 94.1 Å². The minimum absolute atomic E-state index is 0.0485. The number of ether oxygens (including phenoxy) is 6. The number of hydrogen-bond donors (Lipinski definition) is 0. The fourth-order valence-electron chi connectivity index (χ4n) is 16.8. The molecule has 0 spiro atoms. The molecule has 16 bridgehead atoms. The molecule has 650 valence electrons. The standard InChI is InChI=1S/C102H132N4O12S3/c1-67-25-31-88(32-26-67)119(107,108)104-40-37-103-38-41-105(120(109,110)89-33-27-68(2)28-34-89)44-47-117-95-77-52-75-60-84(99(10,11)12)58-73(93(75)115-24)50-71-56-82(97(4,5)6)55-70(91(71)113-22)49-72-57-83(98(7,8)9)59-74(92(72)114-23)51-76-61-85(100(13,14)15)63-78(94(76)116-46-43-104)53-80-65-87(102(19,20)21)66-81(54-79(95)64-86(62-77)101(16,17)18)96(80)118-48-45-106(42-39-103)121(111,112)90-35-29-69(3)30-36-90/h25-36,55-66H,37-54H2,1-24H3. The Bertz CT molecular complexity index is 5360. The topological polar surface area (TPSA) is 171 Å². The van der Waals surface area contributed by atoms with Gasteiger partial charge in [0.25, 0.3) is 0 Å². The van der Waals surface area contributed by atoms with Crippen molar-refractivity contribution < 1.29 is 53.7 Å². The molecule has 0 saturated carbocycles. The largest absolute Gasteiger partial charge is 0.496 e. The molecule has 0 radical (unpaired) electrons. The average Bonchev–Trinajstić information content (AvgIpc) is 0.764. The summed E-state index contributed by atoms with van der Waals surface area (Å²) in [5, 5.41) is 0. The zero-order chi connectivity index (χ0) is 88.1. The number of rotatable bonds is 9. The molecular weight excluding hydrogens is 1570 g/mol. The Labute approximate surface area is 724 Å². The number of benzene rings is 9. The van der Waals surface area contributed by atoms with Gasteiger partial charge < -0.3 is 28.4 Å². The molecule has 9 aromatic carbocycles. The minimum Gasteiger partial charge on any atom is -0.496 e. The van der Waals surface area contributed by atoms with Crippen LogP contribution in [0.1, 0.15) is 241 Å². The van der Waals surface area contributed by atoms with Crippen LogP contribution in [0.15, 0.2) is 160 Å². The quantitative estimate of drug-likeness (QED) is 0.125. The molecule has 1 aliphatic carbocycles. The summed E-state index contributed by atoms with van der Waals surface area (Å²) in [6, 6.07) is 47.9. The summed E-state index contributed by atoms with van der Waals surface area (Å²) < 4.78 is 143. The van der Waals surface area contributed by atoms with E-state index in [4.69, 9.17) is 28.4 Å². The van der Waals surface area contributed by atoms with Crippen LogP contribution >= 0.6 is 0 Å². The number of aryl methyl sites for hydroxylation is 3. The van der Waals surface area contributed by atoms with E-state index < -0.39 is 46.3 Å². The Morgan fingerprint density at radius 1 is 0.256 bits per heavy atom. The minimum atomic E-state index is -4.33. The first kappa shape index (κ1) is 91.7. The average molecular weight is 1700 g/mol. The van der Waals surface area contributed by atoms with Gasteiger partial charge in [0.2, 0.25) is 30.1 Å². The van der Waals surface area contributed by atoms with Crippen LogP contribution in [-0.4, -0.2) is 143 Å². The van der Waals surface area contributed by atoms with E-state index in [1.807, 2.05) is 25.7 Å². The molecular formula is C102H132N4O12S3. The Balaban J connectivity index is 1.24. The molecule has 2 aliphatic heterocycles. The molecule has 16 nitrogen and oxygen atoms in total. The molecule has 12 rings (SSSR count). The number of nitrogens with zero attached hydrogens (tertiary/aromatic N) is 4. The molecule has 121 heavy (non-hydrogen) atoms. The van der Waals surface area contributed by atoms with Gasteiger partial charge in [0.15, 0.2) is 0 Å². The number of fused-ring (bicyclic) bond motifs is 12. The maximum absolute atomic E-state index is 15.9. The second-order valence-corrected chi connectivity index (χ2v) is 45.8. The third kappa shape index (κ3) is 21.0. The fraction of sp³-hybridized carbons (Fsp3) is 0.471. The van der Waals surface area contributed by atoms with Crippen molar-refractivity contribution in [1.29, 1.82) is 0 Å². The van der Waals surface area contributed by atoms with Gasteiger partial charge in [-0.3, -0.25) is 4.90 Å². The van der Waals surface area contributed by atoms with Crippen LogP contribution < -0.4 is 28.4 Å². The van der Waals surface area contributed by atoms with Gasteiger partial charge >= 0.3 is 0 Å². The molecule has 0 atom stereocenters. The van der Waals surface area contributed by atoms with Gasteiger partial charge in [0.05, 0.1) is 36.0 Å². The maximum Gasteiger partial charge on any atom is 0.243 e. The zero-order valence-electron chi connectivity index (χ0n) is 76.5. The highest BCUT2D eigenvalue weighted by molar-refractivity contribution is 7.89.